The van der Waals surface area contributed by atoms with E-state index in [0.29, 0.717) is 0 Å². The molecular formula is C65H46Ag2P2+2. The molecule has 0 aliphatic carbocycles. The van der Waals surface area contributed by atoms with Crippen molar-refractivity contribution in [2.45, 2.75) is 0 Å². The van der Waals surface area contributed by atoms with Gasteiger partial charge in [-0.2, -0.15) is 0 Å². The number of fused-ring (bicyclic) bond motifs is 10. The van der Waals surface area contributed by atoms with Gasteiger partial charge in [-0.25, -0.2) is 0 Å². The number of hydrogen-bond acceptors (Lipinski definition) is 0. The predicted octanol–water partition coefficient (Wildman–Crippen LogP) is 14.8. The molecule has 0 heterocycles. The molecule has 0 amide bonds. The van der Waals surface area contributed by atoms with Crippen LogP contribution in [0, 0.1) is 24.7 Å². The number of hydrogen-bond donors (Lipinski definition) is 0. The van der Waals surface area contributed by atoms with Crippen LogP contribution < -0.4 is 21.2 Å². The maximum absolute atomic E-state index is 7.51. The molecule has 12 rings (SSSR count). The van der Waals surface area contributed by atoms with Crippen LogP contribution in [0.25, 0.3) is 64.6 Å². The summed E-state index contributed by atoms with van der Waals surface area (Å²) in [5.41, 5.74) is 1.70. The van der Waals surface area contributed by atoms with Gasteiger partial charge in [-0.1, -0.05) is 205 Å². The van der Waals surface area contributed by atoms with Crippen LogP contribution in [0.1, 0.15) is 11.1 Å². The first kappa shape index (κ1) is 49.1. The van der Waals surface area contributed by atoms with Gasteiger partial charge in [0.15, 0.2) is 5.90 Å². The molecule has 0 saturated heterocycles. The Morgan fingerprint density at radius 1 is 0.261 bits per heavy atom. The van der Waals surface area contributed by atoms with Crippen molar-refractivity contribution in [3.05, 3.63) is 279 Å². The first-order valence-electron chi connectivity index (χ1n) is 22.6. The van der Waals surface area contributed by atoms with Crippen molar-refractivity contribution in [2.75, 3.05) is 5.90 Å². The zero-order valence-electron chi connectivity index (χ0n) is 37.6. The van der Waals surface area contributed by atoms with Crippen molar-refractivity contribution >= 4 is 102 Å². The monoisotopic (exact) mass is 1100 g/mol. The fourth-order valence-electron chi connectivity index (χ4n) is 9.44. The Hall–Kier alpha value is -6.34. The van der Waals surface area contributed by atoms with Crippen molar-refractivity contribution in [3.8, 4) is 11.8 Å². The molecule has 0 nitrogen and oxygen atoms in total. The van der Waals surface area contributed by atoms with Crippen LogP contribution in [0.15, 0.2) is 255 Å². The van der Waals surface area contributed by atoms with E-state index < -0.39 is 15.8 Å². The van der Waals surface area contributed by atoms with E-state index in [1.165, 1.54) is 70.2 Å². The molecule has 0 aromatic heterocycles. The Balaban J connectivity index is 0.000000140. The minimum Gasteiger partial charge on any atom is -0.366 e. The second-order valence-corrected chi connectivity index (χ2v) is 22.2. The summed E-state index contributed by atoms with van der Waals surface area (Å²) in [7, 11) is -1.69. The van der Waals surface area contributed by atoms with Gasteiger partial charge in [0.25, 0.3) is 0 Å². The van der Waals surface area contributed by atoms with E-state index >= 15 is 0 Å². The van der Waals surface area contributed by atoms with Crippen LogP contribution in [-0.4, -0.2) is 5.90 Å². The standard InChI is InChI=1S/C25H22P2.2C20H11.2Ag/c1-5-13-22(14-6-1)26(23-15-7-2-8-16-23)21-27(24-17-9-3-10-18-24)25-19-11-4-12-20-25;2*1-2-14-7-5-8-16-11-12-18-17-9-4-3-6-15(17)10-13-19(18)20(14)16;;/h1-20H,21H2;2*3-13H;;/q;2*-1;2*+1/p+2. The molecule has 69 heavy (non-hydrogen) atoms. The minimum absolute atomic E-state index is 0. The number of benzene rings is 12. The Labute approximate surface area is 439 Å². The summed E-state index contributed by atoms with van der Waals surface area (Å²) < 4.78 is 0. The molecule has 12 aromatic carbocycles. The molecule has 0 saturated carbocycles. The quantitative estimate of drug-likeness (QED) is 0.0512. The van der Waals surface area contributed by atoms with E-state index in [0.717, 1.165) is 32.7 Å². The third-order valence-corrected chi connectivity index (χ3v) is 19.6. The smallest absolute Gasteiger partial charge is 0.366 e. The molecular weight excluding hydrogens is 1060 g/mol. The van der Waals surface area contributed by atoms with Crippen molar-refractivity contribution in [3.63, 3.8) is 0 Å². The molecule has 0 spiro atoms. The van der Waals surface area contributed by atoms with Crippen LogP contribution >= 0.6 is 15.8 Å². The van der Waals surface area contributed by atoms with E-state index in [1.807, 2.05) is 24.3 Å². The van der Waals surface area contributed by atoms with Crippen molar-refractivity contribution < 1.29 is 44.8 Å². The topological polar surface area (TPSA) is 0 Å². The van der Waals surface area contributed by atoms with E-state index in [9.17, 15) is 0 Å². The summed E-state index contributed by atoms with van der Waals surface area (Å²) in [4.78, 5) is 0. The summed E-state index contributed by atoms with van der Waals surface area (Å²) in [5.74, 6) is 6.37. The van der Waals surface area contributed by atoms with Gasteiger partial charge < -0.3 is 12.8 Å². The van der Waals surface area contributed by atoms with E-state index in [4.69, 9.17) is 12.8 Å². The third-order valence-electron chi connectivity index (χ3n) is 12.6. The maximum Gasteiger partial charge on any atom is 1.00 e. The molecule has 0 unspecified atom stereocenters. The predicted molar refractivity (Wildman–Crippen MR) is 296 cm³/mol. The van der Waals surface area contributed by atoms with Gasteiger partial charge in [0.2, 0.25) is 0 Å². The second kappa shape index (κ2) is 23.3. The van der Waals surface area contributed by atoms with Gasteiger partial charge in [0, 0.05) is 0 Å². The van der Waals surface area contributed by atoms with Gasteiger partial charge in [-0.3, -0.25) is 11.8 Å². The summed E-state index contributed by atoms with van der Waals surface area (Å²) >= 11 is 0. The van der Waals surface area contributed by atoms with Gasteiger partial charge in [-0.05, 0) is 102 Å². The summed E-state index contributed by atoms with van der Waals surface area (Å²) in [6, 6.07) is 90.5. The van der Waals surface area contributed by atoms with Gasteiger partial charge in [0.05, 0.1) is 0 Å². The summed E-state index contributed by atoms with van der Waals surface area (Å²) in [6.07, 6.45) is 15.0. The van der Waals surface area contributed by atoms with Crippen LogP contribution in [-0.2, 0) is 44.8 Å². The van der Waals surface area contributed by atoms with Crippen molar-refractivity contribution in [2.24, 2.45) is 0 Å². The van der Waals surface area contributed by atoms with Gasteiger partial charge in [-0.15, -0.1) is 23.3 Å². The average molecular weight is 1100 g/mol. The first-order chi connectivity index (χ1) is 33.2. The van der Waals surface area contributed by atoms with Gasteiger partial charge in [0.1, 0.15) is 37.1 Å². The fourth-order valence-corrected chi connectivity index (χ4v) is 17.2. The zero-order chi connectivity index (χ0) is 45.4. The first-order valence-corrected chi connectivity index (χ1v) is 26.0. The van der Waals surface area contributed by atoms with Crippen LogP contribution in [0.4, 0.5) is 0 Å². The van der Waals surface area contributed by atoms with E-state index in [2.05, 4.69) is 242 Å². The summed E-state index contributed by atoms with van der Waals surface area (Å²) in [6.45, 7) is 0. The fraction of sp³-hybridized carbons (Fsp3) is 0.0154. The molecule has 12 aromatic rings. The molecule has 0 fully saturated rings. The van der Waals surface area contributed by atoms with E-state index in [-0.39, 0.29) is 44.8 Å². The third kappa shape index (κ3) is 10.6. The summed E-state index contributed by atoms with van der Waals surface area (Å²) in [5, 5.41) is 20.4. The van der Waals surface area contributed by atoms with E-state index in [1.54, 1.807) is 0 Å². The molecule has 0 radical (unpaired) electrons. The normalized spacial score (nSPS) is 10.7. The molecule has 4 heteroatoms. The second-order valence-electron chi connectivity index (χ2n) is 16.6. The van der Waals surface area contributed by atoms with Crippen molar-refractivity contribution in [1.29, 1.82) is 0 Å². The number of rotatable bonds is 6. The molecule has 0 N–H and O–H groups in total. The van der Waals surface area contributed by atoms with Crippen molar-refractivity contribution in [1.82, 2.24) is 0 Å². The molecule has 0 aliphatic rings. The Morgan fingerprint density at radius 3 is 0.899 bits per heavy atom. The Kier molecular flexibility index (Phi) is 16.6. The molecule has 0 bridgehead atoms. The largest absolute Gasteiger partial charge is 1.00 e. The molecule has 0 atom stereocenters. The minimum atomic E-state index is -0.847. The van der Waals surface area contributed by atoms with Crippen LogP contribution in [0.2, 0.25) is 0 Å². The maximum atomic E-state index is 7.51. The van der Waals surface area contributed by atoms with Crippen LogP contribution in [0.3, 0.4) is 0 Å². The zero-order valence-corrected chi connectivity index (χ0v) is 42.5. The molecule has 0 aliphatic heterocycles. The molecule has 336 valence electrons. The van der Waals surface area contributed by atoms with Crippen LogP contribution in [0.5, 0.6) is 0 Å². The Bertz CT molecular complexity index is 3420. The van der Waals surface area contributed by atoms with Gasteiger partial charge >= 0.3 is 44.8 Å². The average Bonchev–Trinajstić information content (AvgIpc) is 3.41. The Morgan fingerprint density at radius 2 is 0.551 bits per heavy atom. The SMILES string of the molecule is [Ag+].[Ag+].[C-]#Cc1cccc2ccc3c4ccccc4ccc3c12.[C-]#Cc1cccc2ccc3c4ccccc4ccc3c12.c1ccc([PH+](C[PH+](c2ccccc2)c2ccccc2)c2ccccc2)cc1.